The number of oxime groups is 1. The molecule has 0 unspecified atom stereocenters. The van der Waals surface area contributed by atoms with Gasteiger partial charge in [-0.05, 0) is 18.9 Å². The molecule has 6 nitrogen and oxygen atoms in total. The lowest BCUT2D eigenvalue weighted by Crippen LogP contribution is -2.56. The van der Waals surface area contributed by atoms with Crippen LogP contribution in [0.25, 0.3) is 0 Å². The van der Waals surface area contributed by atoms with Gasteiger partial charge in [-0.1, -0.05) is 36.2 Å². The molecule has 1 fully saturated rings. The Kier molecular flexibility index (Phi) is 4.67. The Labute approximate surface area is 124 Å². The lowest BCUT2D eigenvalue weighted by Gasteiger charge is -2.28. The normalized spacial score (nSPS) is 17.5. The lowest BCUT2D eigenvalue weighted by atomic mass is 9.95. The van der Waals surface area contributed by atoms with Crippen LogP contribution in [0.3, 0.4) is 0 Å². The summed E-state index contributed by atoms with van der Waals surface area (Å²) in [6.07, 6.45) is 3.49. The number of para-hydroxylation sites is 1. The standard InChI is InChI=1S/C15H21N3O3/c1-21-12-7-3-2-6-11(12)10-13(19)17-15(14(16)18-20)8-4-5-9-15/h2-3,6-7,20H,4-5,8-10H2,1H3,(H2,16,18)(H,17,19). The minimum atomic E-state index is -0.714. The highest BCUT2D eigenvalue weighted by Gasteiger charge is 2.39. The number of carbonyl (C=O) groups excluding carboxylic acids is 1. The summed E-state index contributed by atoms with van der Waals surface area (Å²) >= 11 is 0. The second-order valence-electron chi connectivity index (χ2n) is 5.31. The number of hydrogen-bond donors (Lipinski definition) is 3. The smallest absolute Gasteiger partial charge is 0.225 e. The minimum Gasteiger partial charge on any atom is -0.496 e. The maximum Gasteiger partial charge on any atom is 0.225 e. The molecule has 0 atom stereocenters. The summed E-state index contributed by atoms with van der Waals surface area (Å²) < 4.78 is 5.24. The number of amides is 1. The fourth-order valence-corrected chi connectivity index (χ4v) is 2.85. The van der Waals surface area contributed by atoms with Crippen LogP contribution < -0.4 is 15.8 Å². The first kappa shape index (κ1) is 15.2. The molecule has 0 spiro atoms. The van der Waals surface area contributed by atoms with Gasteiger partial charge in [-0.3, -0.25) is 4.79 Å². The van der Waals surface area contributed by atoms with Crippen LogP contribution in [0.1, 0.15) is 31.2 Å². The molecule has 1 amide bonds. The Morgan fingerprint density at radius 2 is 2.10 bits per heavy atom. The van der Waals surface area contributed by atoms with Crippen LogP contribution in [-0.2, 0) is 11.2 Å². The van der Waals surface area contributed by atoms with Gasteiger partial charge in [0.1, 0.15) is 11.3 Å². The zero-order valence-electron chi connectivity index (χ0n) is 12.1. The largest absolute Gasteiger partial charge is 0.496 e. The molecule has 114 valence electrons. The van der Waals surface area contributed by atoms with Gasteiger partial charge >= 0.3 is 0 Å². The van der Waals surface area contributed by atoms with E-state index in [9.17, 15) is 4.79 Å². The number of hydrogen-bond acceptors (Lipinski definition) is 4. The highest BCUT2D eigenvalue weighted by molar-refractivity contribution is 5.94. The van der Waals surface area contributed by atoms with Gasteiger partial charge in [-0.25, -0.2) is 0 Å². The monoisotopic (exact) mass is 291 g/mol. The molecule has 1 saturated carbocycles. The van der Waals surface area contributed by atoms with Gasteiger partial charge in [0.2, 0.25) is 5.91 Å². The summed E-state index contributed by atoms with van der Waals surface area (Å²) in [6, 6.07) is 7.38. The number of nitrogens with one attached hydrogen (secondary N) is 1. The van der Waals surface area contributed by atoms with Crippen molar-refractivity contribution in [1.82, 2.24) is 5.32 Å². The van der Waals surface area contributed by atoms with Gasteiger partial charge in [-0.15, -0.1) is 0 Å². The number of ether oxygens (including phenoxy) is 1. The van der Waals surface area contributed by atoms with E-state index in [4.69, 9.17) is 15.7 Å². The number of nitrogens with zero attached hydrogens (tertiary/aromatic N) is 1. The van der Waals surface area contributed by atoms with E-state index in [-0.39, 0.29) is 18.2 Å². The molecule has 1 aromatic carbocycles. The Morgan fingerprint density at radius 1 is 1.43 bits per heavy atom. The molecule has 4 N–H and O–H groups in total. The van der Waals surface area contributed by atoms with Gasteiger partial charge in [0.05, 0.1) is 13.5 Å². The second-order valence-corrected chi connectivity index (χ2v) is 5.31. The van der Waals surface area contributed by atoms with Crippen molar-refractivity contribution in [3.05, 3.63) is 29.8 Å². The van der Waals surface area contributed by atoms with Crippen LogP contribution in [0.4, 0.5) is 0 Å². The van der Waals surface area contributed by atoms with Crippen molar-refractivity contribution in [3.63, 3.8) is 0 Å². The first-order valence-corrected chi connectivity index (χ1v) is 7.02. The Bertz CT molecular complexity index is 537. The van der Waals surface area contributed by atoms with Crippen LogP contribution in [0.15, 0.2) is 29.4 Å². The molecule has 2 rings (SSSR count). The highest BCUT2D eigenvalue weighted by atomic mass is 16.5. The van der Waals surface area contributed by atoms with Crippen molar-refractivity contribution < 1.29 is 14.7 Å². The van der Waals surface area contributed by atoms with Crippen LogP contribution >= 0.6 is 0 Å². The third-order valence-corrected chi connectivity index (χ3v) is 3.98. The van der Waals surface area contributed by atoms with Gasteiger partial charge in [-0.2, -0.15) is 0 Å². The van der Waals surface area contributed by atoms with Crippen molar-refractivity contribution in [2.75, 3.05) is 7.11 Å². The van der Waals surface area contributed by atoms with E-state index in [2.05, 4.69) is 10.5 Å². The number of rotatable bonds is 5. The first-order chi connectivity index (χ1) is 10.1. The van der Waals surface area contributed by atoms with Crippen molar-refractivity contribution in [2.45, 2.75) is 37.6 Å². The van der Waals surface area contributed by atoms with Crippen LogP contribution in [0, 0.1) is 0 Å². The van der Waals surface area contributed by atoms with Crippen molar-refractivity contribution in [2.24, 2.45) is 10.9 Å². The predicted molar refractivity (Wildman–Crippen MR) is 79.4 cm³/mol. The van der Waals surface area contributed by atoms with E-state index in [1.807, 2.05) is 24.3 Å². The van der Waals surface area contributed by atoms with E-state index in [1.54, 1.807) is 7.11 Å². The quantitative estimate of drug-likeness (QED) is 0.331. The average Bonchev–Trinajstić information content (AvgIpc) is 2.96. The molecule has 0 radical (unpaired) electrons. The van der Waals surface area contributed by atoms with Crippen LogP contribution in [0.2, 0.25) is 0 Å². The molecule has 1 aliphatic rings. The maximum absolute atomic E-state index is 12.3. The van der Waals surface area contributed by atoms with Gasteiger partial charge in [0, 0.05) is 5.56 Å². The number of methoxy groups -OCH3 is 1. The number of benzene rings is 1. The van der Waals surface area contributed by atoms with Gasteiger partial charge in [0.15, 0.2) is 5.84 Å². The van der Waals surface area contributed by atoms with Crippen LogP contribution in [0.5, 0.6) is 5.75 Å². The fourth-order valence-electron chi connectivity index (χ4n) is 2.85. The van der Waals surface area contributed by atoms with Gasteiger partial charge in [0.25, 0.3) is 0 Å². The molecular formula is C15H21N3O3. The van der Waals surface area contributed by atoms with Gasteiger partial charge < -0.3 is 21.0 Å². The van der Waals surface area contributed by atoms with Crippen molar-refractivity contribution in [1.29, 1.82) is 0 Å². The SMILES string of the molecule is COc1ccccc1CC(=O)NC1(/C(N)=N/O)CCCC1. The van der Waals surface area contributed by atoms with Crippen LogP contribution in [-0.4, -0.2) is 29.6 Å². The summed E-state index contributed by atoms with van der Waals surface area (Å²) in [7, 11) is 1.58. The molecule has 21 heavy (non-hydrogen) atoms. The van der Waals surface area contributed by atoms with E-state index < -0.39 is 5.54 Å². The Balaban J connectivity index is 2.10. The van der Waals surface area contributed by atoms with E-state index in [1.165, 1.54) is 0 Å². The molecule has 0 saturated heterocycles. The molecule has 1 aliphatic carbocycles. The molecule has 0 aliphatic heterocycles. The maximum atomic E-state index is 12.3. The zero-order chi connectivity index (χ0) is 15.3. The van der Waals surface area contributed by atoms with Crippen molar-refractivity contribution >= 4 is 11.7 Å². The molecule has 6 heteroatoms. The summed E-state index contributed by atoms with van der Waals surface area (Å²) in [5.74, 6) is 0.596. The van der Waals surface area contributed by atoms with E-state index in [0.29, 0.717) is 18.6 Å². The average molecular weight is 291 g/mol. The highest BCUT2D eigenvalue weighted by Crippen LogP contribution is 2.30. The Hall–Kier alpha value is -2.24. The minimum absolute atomic E-state index is 0.0772. The summed E-state index contributed by atoms with van der Waals surface area (Å²) in [6.45, 7) is 0. The molecule has 1 aromatic rings. The van der Waals surface area contributed by atoms with E-state index in [0.717, 1.165) is 18.4 Å². The zero-order valence-corrected chi connectivity index (χ0v) is 12.1. The summed E-state index contributed by atoms with van der Waals surface area (Å²) in [5.41, 5.74) is 5.87. The molecule has 0 heterocycles. The molecule has 0 bridgehead atoms. The third-order valence-electron chi connectivity index (χ3n) is 3.98. The molecular weight excluding hydrogens is 270 g/mol. The molecule has 0 aromatic heterocycles. The summed E-state index contributed by atoms with van der Waals surface area (Å²) in [5, 5.41) is 15.0. The number of nitrogens with two attached hydrogens (primary N) is 1. The third kappa shape index (κ3) is 3.26. The Morgan fingerprint density at radius 3 is 2.71 bits per heavy atom. The predicted octanol–water partition coefficient (Wildman–Crippen LogP) is 1.41. The fraction of sp³-hybridized carbons (Fsp3) is 0.467. The summed E-state index contributed by atoms with van der Waals surface area (Å²) in [4.78, 5) is 12.3. The second kappa shape index (κ2) is 6.47. The number of amidine groups is 1. The number of carbonyl (C=O) groups is 1. The topological polar surface area (TPSA) is 96.9 Å². The van der Waals surface area contributed by atoms with E-state index >= 15 is 0 Å². The van der Waals surface area contributed by atoms with Crippen molar-refractivity contribution in [3.8, 4) is 5.75 Å². The first-order valence-electron chi connectivity index (χ1n) is 7.02. The lowest BCUT2D eigenvalue weighted by molar-refractivity contribution is -0.121.